The highest BCUT2D eigenvalue weighted by molar-refractivity contribution is 5.00. The Kier molecular flexibility index (Phi) is 3.59. The van der Waals surface area contributed by atoms with Gasteiger partial charge in [-0.05, 0) is 30.4 Å². The molecule has 0 aliphatic heterocycles. The van der Waals surface area contributed by atoms with E-state index in [-0.39, 0.29) is 11.5 Å². The fraction of sp³-hybridized carbons (Fsp3) is 0.714. The lowest BCUT2D eigenvalue weighted by atomic mass is 9.87. The fourth-order valence-corrected chi connectivity index (χ4v) is 1.91. The highest BCUT2D eigenvalue weighted by Crippen LogP contribution is 2.30. The van der Waals surface area contributed by atoms with Gasteiger partial charge in [0.05, 0.1) is 12.8 Å². The molecule has 0 saturated heterocycles. The Morgan fingerprint density at radius 3 is 2.65 bits per heavy atom. The van der Waals surface area contributed by atoms with Crippen LogP contribution in [0.25, 0.3) is 0 Å². The second-order valence-electron chi connectivity index (χ2n) is 6.21. The van der Waals surface area contributed by atoms with Crippen molar-refractivity contribution in [3.63, 3.8) is 0 Å². The lowest BCUT2D eigenvalue weighted by molar-refractivity contribution is 0.175. The molecule has 1 unspecified atom stereocenters. The minimum Gasteiger partial charge on any atom is -0.468 e. The van der Waals surface area contributed by atoms with Crippen molar-refractivity contribution in [2.24, 2.45) is 11.1 Å². The summed E-state index contributed by atoms with van der Waals surface area (Å²) >= 11 is 0. The van der Waals surface area contributed by atoms with Gasteiger partial charge in [-0.15, -0.1) is 0 Å². The van der Waals surface area contributed by atoms with Gasteiger partial charge in [0.2, 0.25) is 0 Å². The van der Waals surface area contributed by atoms with Gasteiger partial charge in [0, 0.05) is 18.6 Å². The molecule has 0 amide bonds. The molecule has 0 radical (unpaired) electrons. The van der Waals surface area contributed by atoms with Crippen molar-refractivity contribution < 1.29 is 4.42 Å². The molecule has 1 atom stereocenters. The Bertz CT molecular complexity index is 336. The van der Waals surface area contributed by atoms with Crippen molar-refractivity contribution in [1.82, 2.24) is 4.90 Å². The standard InChI is InChI=1S/C14H24N2O/c1-14(2,3)13(15)10-16(11-6-7-11)9-12-5-4-8-17-12/h4-5,8,11,13H,6-7,9-10,15H2,1-3H3. The van der Waals surface area contributed by atoms with Crippen LogP contribution < -0.4 is 5.73 Å². The van der Waals surface area contributed by atoms with E-state index in [1.807, 2.05) is 12.1 Å². The van der Waals surface area contributed by atoms with Crippen LogP contribution in [0, 0.1) is 5.41 Å². The Morgan fingerprint density at radius 1 is 1.47 bits per heavy atom. The van der Waals surface area contributed by atoms with Crippen molar-refractivity contribution in [3.8, 4) is 0 Å². The van der Waals surface area contributed by atoms with Crippen LogP contribution in [0.3, 0.4) is 0 Å². The highest BCUT2D eigenvalue weighted by Gasteiger charge is 2.32. The van der Waals surface area contributed by atoms with Gasteiger partial charge in [-0.25, -0.2) is 0 Å². The first kappa shape index (κ1) is 12.7. The highest BCUT2D eigenvalue weighted by atomic mass is 16.3. The molecule has 0 bridgehead atoms. The molecule has 3 nitrogen and oxygen atoms in total. The van der Waals surface area contributed by atoms with Crippen LogP contribution in [0.2, 0.25) is 0 Å². The Balaban J connectivity index is 1.94. The fourth-order valence-electron chi connectivity index (χ4n) is 1.91. The Morgan fingerprint density at radius 2 is 2.18 bits per heavy atom. The van der Waals surface area contributed by atoms with E-state index in [0.29, 0.717) is 6.04 Å². The third-order valence-corrected chi connectivity index (χ3v) is 3.55. The van der Waals surface area contributed by atoms with Gasteiger partial charge < -0.3 is 10.2 Å². The largest absolute Gasteiger partial charge is 0.468 e. The zero-order chi connectivity index (χ0) is 12.5. The first-order valence-corrected chi connectivity index (χ1v) is 6.49. The summed E-state index contributed by atoms with van der Waals surface area (Å²) in [5.41, 5.74) is 6.44. The van der Waals surface area contributed by atoms with Crippen molar-refractivity contribution in [3.05, 3.63) is 24.2 Å². The number of hydrogen-bond acceptors (Lipinski definition) is 3. The van der Waals surface area contributed by atoms with E-state index in [1.165, 1.54) is 12.8 Å². The molecule has 17 heavy (non-hydrogen) atoms. The quantitative estimate of drug-likeness (QED) is 0.854. The summed E-state index contributed by atoms with van der Waals surface area (Å²) in [4.78, 5) is 2.47. The molecule has 2 rings (SSSR count). The zero-order valence-electron chi connectivity index (χ0n) is 11.1. The average molecular weight is 236 g/mol. The summed E-state index contributed by atoms with van der Waals surface area (Å²) in [6.07, 6.45) is 4.35. The summed E-state index contributed by atoms with van der Waals surface area (Å²) in [6, 6.07) is 4.91. The average Bonchev–Trinajstić information content (AvgIpc) is 2.95. The molecule has 1 aliphatic carbocycles. The zero-order valence-corrected chi connectivity index (χ0v) is 11.1. The normalized spacial score (nSPS) is 18.6. The van der Waals surface area contributed by atoms with E-state index in [9.17, 15) is 0 Å². The summed E-state index contributed by atoms with van der Waals surface area (Å²) in [5, 5.41) is 0. The third kappa shape index (κ3) is 3.58. The van der Waals surface area contributed by atoms with Gasteiger partial charge in [-0.3, -0.25) is 4.90 Å². The summed E-state index contributed by atoms with van der Waals surface area (Å²) < 4.78 is 5.43. The summed E-state index contributed by atoms with van der Waals surface area (Å²) in [7, 11) is 0. The van der Waals surface area contributed by atoms with Crippen molar-refractivity contribution in [2.45, 2.75) is 52.2 Å². The van der Waals surface area contributed by atoms with Gasteiger partial charge in [-0.2, -0.15) is 0 Å². The van der Waals surface area contributed by atoms with Gasteiger partial charge in [0.1, 0.15) is 5.76 Å². The molecule has 0 aromatic carbocycles. The molecule has 2 N–H and O–H groups in total. The van der Waals surface area contributed by atoms with Crippen LogP contribution in [0.15, 0.2) is 22.8 Å². The molecule has 1 heterocycles. The van der Waals surface area contributed by atoms with Crippen molar-refractivity contribution >= 4 is 0 Å². The topological polar surface area (TPSA) is 42.4 Å². The van der Waals surface area contributed by atoms with Gasteiger partial charge in [0.15, 0.2) is 0 Å². The molecule has 1 aromatic heterocycles. The molecule has 1 saturated carbocycles. The molecule has 96 valence electrons. The van der Waals surface area contributed by atoms with E-state index < -0.39 is 0 Å². The van der Waals surface area contributed by atoms with Crippen LogP contribution in [-0.2, 0) is 6.54 Å². The van der Waals surface area contributed by atoms with Crippen LogP contribution in [0.1, 0.15) is 39.4 Å². The van der Waals surface area contributed by atoms with Crippen LogP contribution in [0.5, 0.6) is 0 Å². The van der Waals surface area contributed by atoms with Crippen LogP contribution in [-0.4, -0.2) is 23.5 Å². The van der Waals surface area contributed by atoms with E-state index in [0.717, 1.165) is 18.8 Å². The lowest BCUT2D eigenvalue weighted by Gasteiger charge is -2.32. The minimum atomic E-state index is 0.163. The SMILES string of the molecule is CC(C)(C)C(N)CN(Cc1ccco1)C1CC1. The monoisotopic (exact) mass is 236 g/mol. The molecule has 3 heteroatoms. The van der Waals surface area contributed by atoms with Crippen LogP contribution >= 0.6 is 0 Å². The maximum atomic E-state index is 6.27. The Labute approximate surface area is 104 Å². The first-order chi connectivity index (χ1) is 7.97. The number of furan rings is 1. The second-order valence-corrected chi connectivity index (χ2v) is 6.21. The molecule has 1 aliphatic rings. The summed E-state index contributed by atoms with van der Waals surface area (Å²) in [5.74, 6) is 1.04. The summed E-state index contributed by atoms with van der Waals surface area (Å²) in [6.45, 7) is 8.46. The predicted octanol–water partition coefficient (Wildman–Crippen LogP) is 2.62. The van der Waals surface area contributed by atoms with Crippen molar-refractivity contribution in [2.75, 3.05) is 6.54 Å². The van der Waals surface area contributed by atoms with E-state index in [2.05, 4.69) is 25.7 Å². The minimum absolute atomic E-state index is 0.163. The van der Waals surface area contributed by atoms with E-state index in [4.69, 9.17) is 10.2 Å². The molecule has 1 aromatic rings. The number of hydrogen-bond donors (Lipinski definition) is 1. The van der Waals surface area contributed by atoms with Gasteiger partial charge >= 0.3 is 0 Å². The number of rotatable bonds is 5. The molecular weight excluding hydrogens is 212 g/mol. The second kappa shape index (κ2) is 4.83. The molecule has 0 spiro atoms. The number of nitrogens with zero attached hydrogens (tertiary/aromatic N) is 1. The third-order valence-electron chi connectivity index (χ3n) is 3.55. The maximum absolute atomic E-state index is 6.27. The predicted molar refractivity (Wildman–Crippen MR) is 69.6 cm³/mol. The molecular formula is C14H24N2O. The Hall–Kier alpha value is -0.800. The lowest BCUT2D eigenvalue weighted by Crippen LogP contribution is -2.45. The molecule has 1 fully saturated rings. The van der Waals surface area contributed by atoms with Crippen LogP contribution in [0.4, 0.5) is 0 Å². The van der Waals surface area contributed by atoms with E-state index >= 15 is 0 Å². The van der Waals surface area contributed by atoms with Gasteiger partial charge in [-0.1, -0.05) is 20.8 Å². The maximum Gasteiger partial charge on any atom is 0.117 e. The first-order valence-electron chi connectivity index (χ1n) is 6.49. The van der Waals surface area contributed by atoms with E-state index in [1.54, 1.807) is 6.26 Å². The van der Waals surface area contributed by atoms with Crippen molar-refractivity contribution in [1.29, 1.82) is 0 Å². The smallest absolute Gasteiger partial charge is 0.117 e. The van der Waals surface area contributed by atoms with Gasteiger partial charge in [0.25, 0.3) is 0 Å². The number of nitrogens with two attached hydrogens (primary N) is 1.